The molecule has 0 bridgehead atoms. The molecule has 0 aliphatic carbocycles. The molecule has 104 valence electrons. The van der Waals surface area contributed by atoms with Crippen LogP contribution in [0.5, 0.6) is 0 Å². The summed E-state index contributed by atoms with van der Waals surface area (Å²) >= 11 is 0. The lowest BCUT2D eigenvalue weighted by Crippen LogP contribution is -2.12. The smallest absolute Gasteiger partial charge is 0.339 e. The summed E-state index contributed by atoms with van der Waals surface area (Å²) in [6, 6.07) is 0.950. The highest BCUT2D eigenvalue weighted by atomic mass is 16.6. The summed E-state index contributed by atoms with van der Waals surface area (Å²) in [5, 5.41) is 25.9. The van der Waals surface area contributed by atoms with E-state index in [1.54, 1.807) is 0 Å². The minimum absolute atomic E-state index is 0.0478. The molecule has 0 aliphatic heterocycles. The van der Waals surface area contributed by atoms with Crippen molar-refractivity contribution in [2.24, 2.45) is 0 Å². The number of nitrogens with zero attached hydrogens (tertiary/aromatic N) is 4. The van der Waals surface area contributed by atoms with Crippen LogP contribution in [0, 0.1) is 10.1 Å². The number of carbonyl (C=O) groups is 1. The van der Waals surface area contributed by atoms with Crippen molar-refractivity contribution in [2.75, 3.05) is 11.9 Å². The molecule has 0 saturated carbocycles. The highest BCUT2D eigenvalue weighted by Gasteiger charge is 2.17. The maximum Gasteiger partial charge on any atom is 0.339 e. The van der Waals surface area contributed by atoms with Crippen LogP contribution in [-0.4, -0.2) is 37.7 Å². The largest absolute Gasteiger partial charge is 0.478 e. The maximum absolute atomic E-state index is 11.0. The van der Waals surface area contributed by atoms with E-state index in [0.29, 0.717) is 18.8 Å². The van der Waals surface area contributed by atoms with Crippen LogP contribution in [0.1, 0.15) is 16.2 Å². The predicted octanol–water partition coefficient (Wildman–Crippen LogP) is 0.726. The van der Waals surface area contributed by atoms with Gasteiger partial charge in [-0.05, 0) is 0 Å². The molecule has 0 aliphatic rings. The van der Waals surface area contributed by atoms with Gasteiger partial charge < -0.3 is 14.9 Å². The predicted molar refractivity (Wildman–Crippen MR) is 64.3 cm³/mol. The lowest BCUT2D eigenvalue weighted by molar-refractivity contribution is -0.385. The van der Waals surface area contributed by atoms with Gasteiger partial charge in [-0.2, -0.15) is 4.98 Å². The van der Waals surface area contributed by atoms with E-state index in [4.69, 9.17) is 5.11 Å². The zero-order valence-corrected chi connectivity index (χ0v) is 10.0. The minimum Gasteiger partial charge on any atom is -0.478 e. The van der Waals surface area contributed by atoms with Crippen LogP contribution < -0.4 is 5.32 Å². The van der Waals surface area contributed by atoms with Gasteiger partial charge in [0, 0.05) is 19.0 Å². The van der Waals surface area contributed by atoms with Crippen LogP contribution in [0.3, 0.4) is 0 Å². The standard InChI is InChI=1S/C10H9N5O5/c16-10(17)7-3-6(15(18)19)4-12-9(7)11-2-1-8-13-5-20-14-8/h3-5H,1-2H2,(H,11,12)(H,16,17). The summed E-state index contributed by atoms with van der Waals surface area (Å²) in [7, 11) is 0. The lowest BCUT2D eigenvalue weighted by atomic mass is 10.2. The van der Waals surface area contributed by atoms with Gasteiger partial charge in [-0.1, -0.05) is 5.16 Å². The van der Waals surface area contributed by atoms with E-state index < -0.39 is 10.9 Å². The molecule has 0 aromatic carbocycles. The minimum atomic E-state index is -1.30. The van der Waals surface area contributed by atoms with Crippen molar-refractivity contribution in [3.63, 3.8) is 0 Å². The lowest BCUT2D eigenvalue weighted by Gasteiger charge is -2.06. The summed E-state index contributed by atoms with van der Waals surface area (Å²) in [5.41, 5.74) is -0.654. The first-order valence-electron chi connectivity index (χ1n) is 5.45. The zero-order valence-electron chi connectivity index (χ0n) is 10.0. The molecule has 2 N–H and O–H groups in total. The van der Waals surface area contributed by atoms with Gasteiger partial charge in [-0.25, -0.2) is 9.78 Å². The summed E-state index contributed by atoms with van der Waals surface area (Å²) in [6.07, 6.45) is 2.57. The topological polar surface area (TPSA) is 144 Å². The van der Waals surface area contributed by atoms with E-state index in [1.165, 1.54) is 6.39 Å². The number of rotatable bonds is 6. The number of hydrogen-bond acceptors (Lipinski definition) is 8. The van der Waals surface area contributed by atoms with Gasteiger partial charge in [0.05, 0.1) is 4.92 Å². The fourth-order valence-corrected chi connectivity index (χ4v) is 1.45. The van der Waals surface area contributed by atoms with Gasteiger partial charge in [0.15, 0.2) is 5.82 Å². The fourth-order valence-electron chi connectivity index (χ4n) is 1.45. The number of carboxylic acid groups (broad SMARTS) is 1. The Hall–Kier alpha value is -3.04. The number of aromatic carboxylic acids is 1. The Morgan fingerprint density at radius 3 is 2.90 bits per heavy atom. The van der Waals surface area contributed by atoms with Crippen LogP contribution >= 0.6 is 0 Å². The van der Waals surface area contributed by atoms with Crippen molar-refractivity contribution in [1.29, 1.82) is 0 Å². The second kappa shape index (κ2) is 5.73. The van der Waals surface area contributed by atoms with Crippen molar-refractivity contribution in [2.45, 2.75) is 6.42 Å². The molecular weight excluding hydrogens is 270 g/mol. The quantitative estimate of drug-likeness (QED) is 0.577. The van der Waals surface area contributed by atoms with Gasteiger partial charge >= 0.3 is 5.97 Å². The maximum atomic E-state index is 11.0. The molecule has 10 heteroatoms. The Labute approximate surface area is 111 Å². The van der Waals surface area contributed by atoms with E-state index in [9.17, 15) is 14.9 Å². The SMILES string of the molecule is O=C(O)c1cc([N+](=O)[O-])cnc1NCCc1ncon1. The Kier molecular flexibility index (Phi) is 3.84. The van der Waals surface area contributed by atoms with E-state index >= 15 is 0 Å². The van der Waals surface area contributed by atoms with E-state index in [2.05, 4.69) is 25.0 Å². The Bertz CT molecular complexity index is 627. The summed E-state index contributed by atoms with van der Waals surface area (Å²) in [5.74, 6) is -0.800. The number of hydrogen-bond donors (Lipinski definition) is 2. The number of nitro groups is 1. The number of aromatic nitrogens is 3. The molecule has 0 saturated heterocycles. The summed E-state index contributed by atoms with van der Waals surface area (Å²) < 4.78 is 4.55. The molecule has 2 heterocycles. The summed E-state index contributed by atoms with van der Waals surface area (Å²) in [6.45, 7) is 0.310. The highest BCUT2D eigenvalue weighted by molar-refractivity contribution is 5.93. The third-order valence-corrected chi connectivity index (χ3v) is 2.36. The van der Waals surface area contributed by atoms with Crippen molar-refractivity contribution >= 4 is 17.5 Å². The van der Waals surface area contributed by atoms with Crippen molar-refractivity contribution in [3.8, 4) is 0 Å². The molecular formula is C10H9N5O5. The molecule has 2 aromatic rings. The van der Waals surface area contributed by atoms with Crippen molar-refractivity contribution < 1.29 is 19.3 Å². The molecule has 0 radical (unpaired) electrons. The molecule has 0 amide bonds. The van der Waals surface area contributed by atoms with E-state index in [-0.39, 0.29) is 17.1 Å². The normalized spacial score (nSPS) is 10.2. The van der Waals surface area contributed by atoms with Crippen LogP contribution in [0.2, 0.25) is 0 Å². The second-order valence-corrected chi connectivity index (χ2v) is 3.68. The molecule has 20 heavy (non-hydrogen) atoms. The zero-order chi connectivity index (χ0) is 14.5. The average molecular weight is 279 g/mol. The molecule has 0 atom stereocenters. The van der Waals surface area contributed by atoms with Gasteiger partial charge in [-0.15, -0.1) is 0 Å². The second-order valence-electron chi connectivity index (χ2n) is 3.68. The van der Waals surface area contributed by atoms with Gasteiger partial charge in [-0.3, -0.25) is 10.1 Å². The first kappa shape index (κ1) is 13.4. The molecule has 0 fully saturated rings. The first-order chi connectivity index (χ1) is 9.58. The van der Waals surface area contributed by atoms with Gasteiger partial charge in [0.25, 0.3) is 5.69 Å². The molecule has 10 nitrogen and oxygen atoms in total. The number of carboxylic acids is 1. The highest BCUT2D eigenvalue weighted by Crippen LogP contribution is 2.19. The third-order valence-electron chi connectivity index (χ3n) is 2.36. The fraction of sp³-hybridized carbons (Fsp3) is 0.200. The third kappa shape index (κ3) is 3.04. The van der Waals surface area contributed by atoms with Crippen LogP contribution in [0.4, 0.5) is 11.5 Å². The van der Waals surface area contributed by atoms with Crippen molar-refractivity contribution in [1.82, 2.24) is 15.1 Å². The monoisotopic (exact) mass is 279 g/mol. The Morgan fingerprint density at radius 1 is 1.50 bits per heavy atom. The molecule has 2 rings (SSSR count). The Balaban J connectivity index is 2.10. The van der Waals surface area contributed by atoms with E-state index in [0.717, 1.165) is 12.3 Å². The molecule has 2 aromatic heterocycles. The van der Waals surface area contributed by atoms with Crippen LogP contribution in [0.25, 0.3) is 0 Å². The summed E-state index contributed by atoms with van der Waals surface area (Å²) in [4.78, 5) is 28.5. The number of anilines is 1. The van der Waals surface area contributed by atoms with Gasteiger partial charge in [0.2, 0.25) is 6.39 Å². The van der Waals surface area contributed by atoms with E-state index in [1.807, 2.05) is 0 Å². The van der Waals surface area contributed by atoms with Gasteiger partial charge in [0.1, 0.15) is 17.6 Å². The molecule has 0 spiro atoms. The average Bonchev–Trinajstić information content (AvgIpc) is 2.91. The van der Waals surface area contributed by atoms with Crippen LogP contribution in [-0.2, 0) is 6.42 Å². The molecule has 0 unspecified atom stereocenters. The number of nitrogens with one attached hydrogen (secondary N) is 1. The number of pyridine rings is 1. The van der Waals surface area contributed by atoms with Crippen LogP contribution in [0.15, 0.2) is 23.2 Å². The Morgan fingerprint density at radius 2 is 2.30 bits per heavy atom. The van der Waals surface area contributed by atoms with Crippen molar-refractivity contribution in [3.05, 3.63) is 40.2 Å². The first-order valence-corrected chi connectivity index (χ1v) is 5.45.